The van der Waals surface area contributed by atoms with Gasteiger partial charge in [0.2, 0.25) is 5.91 Å². The molecule has 0 unspecified atom stereocenters. The first-order valence-corrected chi connectivity index (χ1v) is 43.1. The van der Waals surface area contributed by atoms with E-state index < -0.39 is 0 Å². The number of carbonyl (C=O) groups is 2. The molecule has 125 heavy (non-hydrogen) atoms. The zero-order chi connectivity index (χ0) is 86.6. The Morgan fingerprint density at radius 3 is 1.18 bits per heavy atom. The lowest BCUT2D eigenvalue weighted by Crippen LogP contribution is -2.45. The van der Waals surface area contributed by atoms with Gasteiger partial charge in [-0.25, -0.2) is 27.5 Å². The minimum atomic E-state index is -0.384. The van der Waals surface area contributed by atoms with Gasteiger partial charge < -0.3 is 19.3 Å². The van der Waals surface area contributed by atoms with Crippen molar-refractivity contribution in [1.82, 2.24) is 99.5 Å². The van der Waals surface area contributed by atoms with E-state index in [1.54, 1.807) is 35.9 Å². The third kappa shape index (κ3) is 19.8. The van der Waals surface area contributed by atoms with Crippen molar-refractivity contribution in [1.29, 1.82) is 0 Å². The van der Waals surface area contributed by atoms with E-state index in [0.29, 0.717) is 112 Å². The normalized spacial score (nSPS) is 13.9. The number of fused-ring (bicyclic) bond motifs is 4. The van der Waals surface area contributed by atoms with Crippen molar-refractivity contribution in [3.8, 4) is 90.1 Å². The number of likely N-dealkylation sites (N-methyl/N-ethyl adjacent to an activating group) is 1. The number of nitrogens with zero attached hydrogens (tertiary/aromatic N) is 20. The van der Waals surface area contributed by atoms with Crippen LogP contribution in [0.2, 0.25) is 20.1 Å². The highest BCUT2D eigenvalue weighted by Gasteiger charge is 2.30. The Morgan fingerprint density at radius 1 is 0.392 bits per heavy atom. The van der Waals surface area contributed by atoms with Crippen molar-refractivity contribution in [2.75, 3.05) is 92.3 Å². The Hall–Kier alpha value is -12.2. The summed E-state index contributed by atoms with van der Waals surface area (Å²) in [7, 11) is 2.15. The first-order chi connectivity index (χ1) is 60.9. The van der Waals surface area contributed by atoms with Crippen LogP contribution in [0, 0.1) is 31.4 Å². The van der Waals surface area contributed by atoms with Gasteiger partial charge in [-0.15, -0.1) is 40.8 Å². The van der Waals surface area contributed by atoms with E-state index in [1.807, 2.05) is 186 Å². The molecule has 3 aliphatic heterocycles. The molecule has 0 aliphatic carbocycles. The second-order valence-corrected chi connectivity index (χ2v) is 32.9. The third-order valence-electron chi connectivity index (χ3n) is 22.0. The fourth-order valence-electron chi connectivity index (χ4n) is 15.3. The molecule has 19 rings (SSSR count). The van der Waals surface area contributed by atoms with Crippen molar-refractivity contribution >= 4 is 102 Å². The van der Waals surface area contributed by atoms with E-state index in [9.17, 15) is 18.4 Å². The lowest BCUT2D eigenvalue weighted by atomic mass is 10.0. The summed E-state index contributed by atoms with van der Waals surface area (Å²) < 4.78 is 45.4. The molecule has 0 radical (unpaired) electrons. The largest absolute Gasteiger partial charge is 0.464 e. The van der Waals surface area contributed by atoms with Crippen molar-refractivity contribution in [2.45, 2.75) is 66.7 Å². The van der Waals surface area contributed by atoms with Gasteiger partial charge in [-0.1, -0.05) is 248 Å². The predicted octanol–water partition coefficient (Wildman–Crippen LogP) is 18.6. The number of likely N-dealkylation sites (tertiary alicyclic amines) is 1. The molecule has 0 spiro atoms. The molecular weight excluding hydrogens is 1660 g/mol. The van der Waals surface area contributed by atoms with Gasteiger partial charge in [-0.05, 0) is 81.6 Å². The molecule has 3 saturated heterocycles. The maximum absolute atomic E-state index is 14.0. The van der Waals surface area contributed by atoms with E-state index >= 15 is 0 Å². The number of ether oxygens (including phenoxy) is 2. The molecule has 0 saturated carbocycles. The minimum absolute atomic E-state index is 0.00589. The summed E-state index contributed by atoms with van der Waals surface area (Å²) in [6.45, 7) is 20.5. The van der Waals surface area contributed by atoms with Crippen molar-refractivity contribution in [3.05, 3.63) is 261 Å². The Morgan fingerprint density at radius 2 is 0.760 bits per heavy atom. The van der Waals surface area contributed by atoms with Crippen molar-refractivity contribution in [3.63, 3.8) is 0 Å². The lowest BCUT2D eigenvalue weighted by Gasteiger charge is -2.32. The number of benzene rings is 8. The zero-order valence-corrected chi connectivity index (χ0v) is 72.7. The summed E-state index contributed by atoms with van der Waals surface area (Å²) in [5.74, 6) is -0.753. The van der Waals surface area contributed by atoms with Gasteiger partial charge in [0.05, 0.1) is 74.5 Å². The maximum Gasteiger partial charge on any atom is 0.327 e. The number of amides is 1. The van der Waals surface area contributed by atoms with E-state index in [-0.39, 0.29) is 42.5 Å². The van der Waals surface area contributed by atoms with Gasteiger partial charge >= 0.3 is 5.97 Å². The van der Waals surface area contributed by atoms with Crippen molar-refractivity contribution < 1.29 is 27.8 Å². The van der Waals surface area contributed by atoms with E-state index in [1.165, 1.54) is 28.4 Å². The molecule has 3 fully saturated rings. The molecule has 0 bridgehead atoms. The molecule has 0 atom stereocenters. The molecule has 8 aromatic carbocycles. The number of hydrogen-bond donors (Lipinski definition) is 0. The SMILES string of the molecule is CC(C)COC(=O)Cn1nc(-c2ccccc2)c2c(Cl)c(-c3ccccc3)nnc21.Cc1cc(-c2nn(CCN3CCN(C)CC3)c3nnc(-c4ccccc4)c(Cl)c23)ccc1F.Cc1cccc(-c2nn(CCN3CCOCC3)c3nnc(-c4ccccc4)c(Cl)c23)c1.O=C(Cn1nc(-c2ccccc2)c2c(Cl)c(-c3cccc(F)c3)nnc21)N1CCCC1. The van der Waals surface area contributed by atoms with Crippen LogP contribution in [0.15, 0.2) is 218 Å². The molecule has 24 nitrogen and oxygen atoms in total. The summed E-state index contributed by atoms with van der Waals surface area (Å²) in [5.41, 5.74) is 15.8. The first kappa shape index (κ1) is 86.3. The predicted molar refractivity (Wildman–Crippen MR) is 487 cm³/mol. The van der Waals surface area contributed by atoms with Crippen LogP contribution >= 0.6 is 46.4 Å². The van der Waals surface area contributed by atoms with Crippen LogP contribution in [0.3, 0.4) is 0 Å². The van der Waals surface area contributed by atoms with Gasteiger partial charge in [-0.2, -0.15) is 20.4 Å². The maximum atomic E-state index is 14.0. The molecule has 636 valence electrons. The topological polar surface area (TPSA) is 240 Å². The van der Waals surface area contributed by atoms with Crippen LogP contribution in [0.5, 0.6) is 0 Å². The molecule has 11 heterocycles. The van der Waals surface area contributed by atoms with Crippen molar-refractivity contribution in [2.24, 2.45) is 5.92 Å². The summed E-state index contributed by atoms with van der Waals surface area (Å²) in [5, 5.41) is 59.3. The number of rotatable bonds is 20. The van der Waals surface area contributed by atoms with Crippen LogP contribution in [0.25, 0.3) is 134 Å². The molecule has 0 N–H and O–H groups in total. The standard InChI is InChI=1S/C25H26ClFN6.C24H24ClN5O.C23H19ClFN5O.C23H21ClN4O2/c1-17-16-19(8-9-20(17)27)23-21-22(26)24(18-6-4-3-5-7-18)28-29-25(21)33(30-23)15-14-32-12-10-31(2)11-13-32;1-17-6-5-9-19(16-17)22-20-21(25)23(18-7-3-2-4-8-18)26-27-24(20)30(28-22)11-10-29-12-14-31-15-13-29;24-20-19-21(15-7-2-1-3-8-15)28-30(14-18(31)29-11-4-5-12-29)23(19)27-26-22(20)16-9-6-10-17(25)13-16;1-15(2)14-30-18(29)13-28-23-19(21(27-28)16-9-5-3-6-10-16)20(24)22(25-26-23)17-11-7-4-8-12-17/h3-9,16H,10-15H2,1-2H3;2-9,16H,10-15H2,1H3;1-3,6-10,13H,4-5,11-12,14H2;3-12,15H,13-14H2,1-2H3. The Bertz CT molecular complexity index is 6490. The average molecular weight is 1760 g/mol. The Labute approximate surface area is 741 Å². The molecular formula is C95H90Cl4F2N20O4. The highest BCUT2D eigenvalue weighted by atomic mass is 35.5. The van der Waals surface area contributed by atoms with Crippen LogP contribution in [0.4, 0.5) is 8.78 Å². The molecule has 16 aromatic rings. The fraction of sp³-hybridized carbons (Fsp3) is 0.263. The number of esters is 1. The van der Waals surface area contributed by atoms with Gasteiger partial charge in [0.25, 0.3) is 0 Å². The van der Waals surface area contributed by atoms with E-state index in [4.69, 9.17) is 71.2 Å². The van der Waals surface area contributed by atoms with Gasteiger partial charge in [0.1, 0.15) is 70.3 Å². The second kappa shape index (κ2) is 39.7. The smallest absolute Gasteiger partial charge is 0.327 e. The third-order valence-corrected chi connectivity index (χ3v) is 23.5. The number of aryl methyl sites for hydroxylation is 2. The summed E-state index contributed by atoms with van der Waals surface area (Å²) >= 11 is 27.5. The number of halogens is 6. The van der Waals surface area contributed by atoms with E-state index in [0.717, 1.165) is 159 Å². The summed E-state index contributed by atoms with van der Waals surface area (Å²) in [6.07, 6.45) is 2.03. The molecule has 3 aliphatic rings. The number of piperazine rings is 1. The number of aromatic nitrogens is 16. The summed E-state index contributed by atoms with van der Waals surface area (Å²) in [4.78, 5) is 34.1. The van der Waals surface area contributed by atoms with Crippen LogP contribution in [-0.2, 0) is 45.2 Å². The zero-order valence-electron chi connectivity index (χ0n) is 69.6. The van der Waals surface area contributed by atoms with Gasteiger partial charge in [-0.3, -0.25) is 19.4 Å². The number of carbonyl (C=O) groups excluding carboxylic acids is 2. The number of morpholine rings is 1. The minimum Gasteiger partial charge on any atom is -0.464 e. The van der Waals surface area contributed by atoms with Gasteiger partial charge in [0.15, 0.2) is 22.6 Å². The fourth-order valence-corrected chi connectivity index (χ4v) is 16.6. The monoisotopic (exact) mass is 1750 g/mol. The highest BCUT2D eigenvalue weighted by Crippen LogP contribution is 2.43. The summed E-state index contributed by atoms with van der Waals surface area (Å²) in [6, 6.07) is 68.0. The molecule has 30 heteroatoms. The molecule has 1 amide bonds. The second-order valence-electron chi connectivity index (χ2n) is 31.3. The van der Waals surface area contributed by atoms with Crippen LogP contribution in [0.1, 0.15) is 37.8 Å². The first-order valence-electron chi connectivity index (χ1n) is 41.6. The lowest BCUT2D eigenvalue weighted by molar-refractivity contribution is -0.145. The molecule has 8 aromatic heterocycles. The Balaban J connectivity index is 0.000000123. The quantitative estimate of drug-likeness (QED) is 0.0644. The van der Waals surface area contributed by atoms with E-state index in [2.05, 4.69) is 92.8 Å². The Kier molecular flexibility index (Phi) is 27.4. The number of hydrogen-bond acceptors (Lipinski definition) is 19. The van der Waals surface area contributed by atoms with Crippen LogP contribution < -0.4 is 0 Å². The highest BCUT2D eigenvalue weighted by molar-refractivity contribution is 6.40. The van der Waals surface area contributed by atoms with Gasteiger partial charge in [0, 0.05) is 110 Å². The average Bonchev–Trinajstić information content (AvgIpc) is 1.63. The van der Waals surface area contributed by atoms with Crippen LogP contribution in [-0.4, -0.2) is 204 Å².